The summed E-state index contributed by atoms with van der Waals surface area (Å²) in [5, 5.41) is 4.44. The van der Waals surface area contributed by atoms with E-state index >= 15 is 0 Å². The van der Waals surface area contributed by atoms with Crippen LogP contribution >= 0.6 is 0 Å². The zero-order chi connectivity index (χ0) is 17.2. The van der Waals surface area contributed by atoms with Gasteiger partial charge >= 0.3 is 6.09 Å². The van der Waals surface area contributed by atoms with E-state index in [-0.39, 0.29) is 24.3 Å². The molecule has 3 aromatic rings. The van der Waals surface area contributed by atoms with Gasteiger partial charge in [-0.1, -0.05) is 30.3 Å². The second kappa shape index (κ2) is 6.43. The minimum atomic E-state index is -0.387. The van der Waals surface area contributed by atoms with Crippen molar-refractivity contribution in [2.45, 2.75) is 25.5 Å². The summed E-state index contributed by atoms with van der Waals surface area (Å²) in [6, 6.07) is 12.7. The molecule has 0 aliphatic carbocycles. The largest absolute Gasteiger partial charge is 0.445 e. The number of carbonyl (C=O) groups excluding carboxylic acids is 1. The Bertz CT molecular complexity index is 948. The second-order valence-electron chi connectivity index (χ2n) is 6.07. The van der Waals surface area contributed by atoms with E-state index in [1.54, 1.807) is 27.7 Å². The lowest BCUT2D eigenvalue weighted by molar-refractivity contribution is 0.0906. The van der Waals surface area contributed by atoms with Crippen LogP contribution < -0.4 is 5.56 Å². The van der Waals surface area contributed by atoms with Gasteiger partial charge in [0.1, 0.15) is 12.1 Å². The number of nitrogens with one attached hydrogen (secondary N) is 1. The summed E-state index contributed by atoms with van der Waals surface area (Å²) in [6.45, 7) is 0.815. The third kappa shape index (κ3) is 3.00. The molecule has 1 aromatic carbocycles. The molecule has 0 saturated carbocycles. The fourth-order valence-corrected chi connectivity index (χ4v) is 3.18. The predicted octanol–water partition coefficient (Wildman–Crippen LogP) is 2.50. The molecular formula is C18H18N4O3. The Hall–Kier alpha value is -3.09. The van der Waals surface area contributed by atoms with E-state index in [0.29, 0.717) is 17.9 Å². The Labute approximate surface area is 143 Å². The lowest BCUT2D eigenvalue weighted by Gasteiger charge is -2.23. The van der Waals surface area contributed by atoms with Gasteiger partial charge < -0.3 is 9.72 Å². The maximum atomic E-state index is 12.5. The smallest absolute Gasteiger partial charge is 0.410 e. The van der Waals surface area contributed by atoms with E-state index in [4.69, 9.17) is 4.74 Å². The molecule has 1 N–H and O–H groups in total. The summed E-state index contributed by atoms with van der Waals surface area (Å²) in [5.41, 5.74) is 1.21. The first-order valence-electron chi connectivity index (χ1n) is 8.27. The molecule has 0 bridgehead atoms. The van der Waals surface area contributed by atoms with Gasteiger partial charge in [0.2, 0.25) is 0 Å². The molecule has 3 heterocycles. The Morgan fingerprint density at radius 1 is 1.24 bits per heavy atom. The molecule has 7 heteroatoms. The van der Waals surface area contributed by atoms with Crippen molar-refractivity contribution in [1.29, 1.82) is 0 Å². The molecule has 0 spiro atoms. The van der Waals surface area contributed by atoms with Crippen molar-refractivity contribution in [2.24, 2.45) is 0 Å². The Kier molecular flexibility index (Phi) is 3.97. The fourth-order valence-electron chi connectivity index (χ4n) is 3.18. The standard InChI is InChI=1S/C18H18N4O3/c23-17-15-9-5-11-22(15)20-16(19-17)14-8-4-10-21(14)18(24)25-12-13-6-2-1-3-7-13/h1-3,5-7,9,11,14H,4,8,10,12H2,(H,19,20,23)/t14-/m1/s1. The zero-order valence-electron chi connectivity index (χ0n) is 13.6. The number of H-pyrrole nitrogens is 1. The van der Waals surface area contributed by atoms with Crippen LogP contribution in [0.1, 0.15) is 30.3 Å². The normalized spacial score (nSPS) is 17.1. The minimum Gasteiger partial charge on any atom is -0.445 e. The molecule has 1 atom stereocenters. The Morgan fingerprint density at radius 3 is 2.92 bits per heavy atom. The van der Waals surface area contributed by atoms with Crippen LogP contribution in [0.15, 0.2) is 53.5 Å². The monoisotopic (exact) mass is 338 g/mol. The van der Waals surface area contributed by atoms with Crippen LogP contribution in [0.4, 0.5) is 4.79 Å². The highest BCUT2D eigenvalue weighted by molar-refractivity contribution is 5.68. The van der Waals surface area contributed by atoms with Gasteiger partial charge in [0, 0.05) is 12.7 Å². The molecule has 1 saturated heterocycles. The average Bonchev–Trinajstić information content (AvgIpc) is 3.29. The number of benzene rings is 1. The van der Waals surface area contributed by atoms with Gasteiger partial charge in [-0.05, 0) is 30.5 Å². The molecule has 1 aliphatic rings. The lowest BCUT2D eigenvalue weighted by atomic mass is 10.2. The van der Waals surface area contributed by atoms with Crippen LogP contribution in [0.5, 0.6) is 0 Å². The van der Waals surface area contributed by atoms with Crippen LogP contribution in [-0.2, 0) is 11.3 Å². The van der Waals surface area contributed by atoms with Gasteiger partial charge in [-0.3, -0.25) is 9.69 Å². The molecule has 0 radical (unpaired) electrons. The third-order valence-electron chi connectivity index (χ3n) is 4.43. The highest BCUT2D eigenvalue weighted by Crippen LogP contribution is 2.30. The number of nitrogens with zero attached hydrogens (tertiary/aromatic N) is 3. The van der Waals surface area contributed by atoms with Crippen LogP contribution in [0.2, 0.25) is 0 Å². The van der Waals surface area contributed by atoms with Gasteiger partial charge in [0.15, 0.2) is 5.82 Å². The summed E-state index contributed by atoms with van der Waals surface area (Å²) >= 11 is 0. The number of aromatic nitrogens is 3. The van der Waals surface area contributed by atoms with E-state index in [2.05, 4.69) is 10.1 Å². The number of amides is 1. The van der Waals surface area contributed by atoms with Gasteiger partial charge in [-0.15, -0.1) is 0 Å². The molecule has 128 valence electrons. The number of hydrogen-bond donors (Lipinski definition) is 1. The third-order valence-corrected chi connectivity index (χ3v) is 4.43. The van der Waals surface area contributed by atoms with E-state index in [0.717, 1.165) is 18.4 Å². The van der Waals surface area contributed by atoms with Crippen molar-refractivity contribution in [3.63, 3.8) is 0 Å². The van der Waals surface area contributed by atoms with Crippen LogP contribution in [-0.4, -0.2) is 32.1 Å². The van der Waals surface area contributed by atoms with Crippen molar-refractivity contribution < 1.29 is 9.53 Å². The molecule has 1 fully saturated rings. The molecule has 7 nitrogen and oxygen atoms in total. The van der Waals surface area contributed by atoms with Crippen molar-refractivity contribution in [3.05, 3.63) is 70.4 Å². The molecule has 1 amide bonds. The first-order valence-corrected chi connectivity index (χ1v) is 8.27. The molecule has 0 unspecified atom stereocenters. The van der Waals surface area contributed by atoms with Crippen LogP contribution in [0, 0.1) is 0 Å². The Morgan fingerprint density at radius 2 is 2.08 bits per heavy atom. The number of rotatable bonds is 3. The number of carbonyl (C=O) groups is 1. The second-order valence-corrected chi connectivity index (χ2v) is 6.07. The maximum absolute atomic E-state index is 12.5. The van der Waals surface area contributed by atoms with Crippen molar-refractivity contribution in [3.8, 4) is 0 Å². The maximum Gasteiger partial charge on any atom is 0.410 e. The van der Waals surface area contributed by atoms with Crippen molar-refractivity contribution in [1.82, 2.24) is 19.5 Å². The lowest BCUT2D eigenvalue weighted by Crippen LogP contribution is -2.33. The van der Waals surface area contributed by atoms with E-state index in [9.17, 15) is 9.59 Å². The molecule has 4 rings (SSSR count). The quantitative estimate of drug-likeness (QED) is 0.796. The van der Waals surface area contributed by atoms with Gasteiger partial charge in [-0.25, -0.2) is 9.31 Å². The highest BCUT2D eigenvalue weighted by atomic mass is 16.6. The molecule has 1 aliphatic heterocycles. The van der Waals surface area contributed by atoms with E-state index < -0.39 is 0 Å². The summed E-state index contributed by atoms with van der Waals surface area (Å²) < 4.78 is 6.97. The minimum absolute atomic E-state index is 0.209. The SMILES string of the molecule is O=C(OCc1ccccc1)N1CCC[C@@H]1c1nn2cccc2c(=O)[nH]1. The van der Waals surface area contributed by atoms with Gasteiger partial charge in [0.25, 0.3) is 5.56 Å². The molecule has 2 aromatic heterocycles. The van der Waals surface area contributed by atoms with E-state index in [1.807, 2.05) is 30.3 Å². The number of hydrogen-bond acceptors (Lipinski definition) is 4. The molecule has 25 heavy (non-hydrogen) atoms. The predicted molar refractivity (Wildman–Crippen MR) is 91.1 cm³/mol. The summed E-state index contributed by atoms with van der Waals surface area (Å²) in [7, 11) is 0. The van der Waals surface area contributed by atoms with Crippen molar-refractivity contribution in [2.75, 3.05) is 6.54 Å². The topological polar surface area (TPSA) is 79.7 Å². The van der Waals surface area contributed by atoms with Crippen molar-refractivity contribution >= 4 is 11.6 Å². The van der Waals surface area contributed by atoms with Crippen LogP contribution in [0.25, 0.3) is 5.52 Å². The number of aromatic amines is 1. The van der Waals surface area contributed by atoms with E-state index in [1.165, 1.54) is 0 Å². The summed E-state index contributed by atoms with van der Waals surface area (Å²) in [6.07, 6.45) is 2.93. The first kappa shape index (κ1) is 15.4. The van der Waals surface area contributed by atoms with Gasteiger partial charge in [0.05, 0.1) is 6.04 Å². The number of fused-ring (bicyclic) bond motifs is 1. The summed E-state index contributed by atoms with van der Waals surface area (Å²) in [5.74, 6) is 0.489. The highest BCUT2D eigenvalue weighted by Gasteiger charge is 2.33. The Balaban J connectivity index is 1.53. The zero-order valence-corrected chi connectivity index (χ0v) is 13.6. The van der Waals surface area contributed by atoms with Gasteiger partial charge in [-0.2, -0.15) is 5.10 Å². The average molecular weight is 338 g/mol. The molecular weight excluding hydrogens is 320 g/mol. The number of likely N-dealkylation sites (tertiary alicyclic amines) is 1. The fraction of sp³-hybridized carbons (Fsp3) is 0.278. The van der Waals surface area contributed by atoms with Crippen LogP contribution in [0.3, 0.4) is 0 Å². The summed E-state index contributed by atoms with van der Waals surface area (Å²) in [4.78, 5) is 29.1. The number of ether oxygens (including phenoxy) is 1. The first-order chi connectivity index (χ1) is 12.2.